The van der Waals surface area contributed by atoms with Crippen LogP contribution in [0.5, 0.6) is 0 Å². The number of benzene rings is 4. The van der Waals surface area contributed by atoms with Gasteiger partial charge < -0.3 is 132 Å². The number of aliphatic hydroxyl groups excluding tert-OH is 1. The van der Waals surface area contributed by atoms with E-state index in [2.05, 4.69) is 179 Å². The summed E-state index contributed by atoms with van der Waals surface area (Å²) < 4.78 is 0. The molecular weight excluding hydrogens is 1450 g/mol. The van der Waals surface area contributed by atoms with E-state index in [-0.39, 0.29) is 61.0 Å². The maximum Gasteiger partial charge on any atom is 0.246 e. The third kappa shape index (κ3) is 153. The quantitative estimate of drug-likeness (QED) is 0.0558. The van der Waals surface area contributed by atoms with Crippen LogP contribution in [0.4, 0.5) is 0 Å². The van der Waals surface area contributed by atoms with E-state index in [4.69, 9.17) is 53.1 Å². The van der Waals surface area contributed by atoms with Crippen LogP contribution in [0.2, 0.25) is 0 Å². The smallest absolute Gasteiger partial charge is 0.246 e. The van der Waals surface area contributed by atoms with E-state index in [1.165, 1.54) is 75.9 Å². The molecule has 1 saturated heterocycles. The van der Waals surface area contributed by atoms with Gasteiger partial charge in [0.1, 0.15) is 86.0 Å². The number of carbonyl (C=O) groups excluding carboxylic acids is 14. The Balaban J connectivity index is -0.0000000399. The van der Waals surface area contributed by atoms with Crippen LogP contribution < -0.4 is 64.7 Å². The van der Waals surface area contributed by atoms with Crippen molar-refractivity contribution in [2.45, 2.75) is 220 Å². The van der Waals surface area contributed by atoms with Crippen molar-refractivity contribution in [1.29, 1.82) is 0 Å². The average molecular weight is 1620 g/mol. The van der Waals surface area contributed by atoms with Crippen LogP contribution in [0.25, 0.3) is 0 Å². The van der Waals surface area contributed by atoms with Crippen LogP contribution in [0.3, 0.4) is 0 Å². The summed E-state index contributed by atoms with van der Waals surface area (Å²) in [6.07, 6.45) is 8.36. The van der Waals surface area contributed by atoms with Crippen LogP contribution in [0.15, 0.2) is 121 Å². The fourth-order valence-electron chi connectivity index (χ4n) is 6.27. The van der Waals surface area contributed by atoms with Crippen molar-refractivity contribution in [2.24, 2.45) is 52.3 Å². The SMILES string of the molecule is C=O.C=O.C=O.C=O.C=O.C=O.C=O.C=O.C=O.C=O.CC.CC(=O)N(C)[C@@H](Cc1ccccc1)C(=O)N(C)[C@@H](Cc1ccccc1)C(=O)N[C@@H](C)C(=O)N1CCCCC1.CC(C)C.CC(C)C.CC(C)O.CCC(C)C.CCC(C)C.CCc1ccccc1.CCc1ccccc1.CN.CN.CN.CN.CN.N.N.N.N.N. The molecule has 5 rings (SSSR count). The summed E-state index contributed by atoms with van der Waals surface area (Å²) >= 11 is 0. The molecule has 29 nitrogen and oxygen atoms in total. The molecule has 0 aromatic heterocycles. The van der Waals surface area contributed by atoms with Crippen molar-refractivity contribution in [3.63, 3.8) is 0 Å². The van der Waals surface area contributed by atoms with Crippen molar-refractivity contribution in [3.05, 3.63) is 144 Å². The standard InChI is InChI=1S/C30H40N4O4.2C8H10.2C5H12.2C4H10.C3H8O.C2H6.5CH5N.10CH2O.5H3N/c1-22(29(37)34-18-12-7-13-19-34)31-28(36)26(20-24-14-8-5-9-15-24)33(4)30(38)27(32(3)23(2)35)21-25-16-10-6-11-17-25;2*1-2-8-6-4-3-5-7-8;2*1-4-5(2)3;2*1-4(2)3;1-3(2)4;16*1-2;;;;;/h5-6,8-11,14-17,22,26-27H,7,12-13,18-21H2,1-4H3,(H,31,36);2*3-7H,2H2,1H3;2*5H,4H2,1-3H3;2*4H,1-3H3;3-4H,1-2H3;1-2H3;5*2H2,1H3;10*1H2;5*1H3/t22-,26-,27-;;;;;;;;;;;;;;;;;;;;;;;;;;;;/m0............................/s1. The number of piperidine rings is 1. The van der Waals surface area contributed by atoms with Gasteiger partial charge in [-0.25, -0.2) is 0 Å². The Labute approximate surface area is 690 Å². The van der Waals surface area contributed by atoms with E-state index >= 15 is 0 Å². The van der Waals surface area contributed by atoms with Crippen LogP contribution in [0, 0.1) is 23.7 Å². The van der Waals surface area contributed by atoms with Crippen molar-refractivity contribution >= 4 is 91.5 Å². The van der Waals surface area contributed by atoms with E-state index in [9.17, 15) is 19.2 Å². The number of likely N-dealkylation sites (tertiary alicyclic amines) is 1. The Morgan fingerprint density at radius 3 is 0.761 bits per heavy atom. The molecule has 27 N–H and O–H groups in total. The number of rotatable bonds is 14. The molecule has 0 saturated carbocycles. The minimum Gasteiger partial charge on any atom is -0.394 e. The highest BCUT2D eigenvalue weighted by atomic mass is 16.3. The Kier molecular flexibility index (Phi) is 255. The highest BCUT2D eigenvalue weighted by Gasteiger charge is 2.36. The number of hydrogen-bond acceptors (Lipinski definition) is 25. The van der Waals surface area contributed by atoms with Gasteiger partial charge in [-0.3, -0.25) is 19.2 Å². The van der Waals surface area contributed by atoms with Crippen LogP contribution in [0.1, 0.15) is 193 Å². The maximum atomic E-state index is 13.9. The normalized spacial score (nSPS) is 9.03. The summed E-state index contributed by atoms with van der Waals surface area (Å²) in [4.78, 5) is 137. The highest BCUT2D eigenvalue weighted by molar-refractivity contribution is 5.94. The minimum atomic E-state index is -0.861. The van der Waals surface area contributed by atoms with Gasteiger partial charge in [-0.15, -0.1) is 0 Å². The Morgan fingerprint density at radius 2 is 0.584 bits per heavy atom. The lowest BCUT2D eigenvalue weighted by Gasteiger charge is -2.35. The molecule has 1 heterocycles. The Bertz CT molecular complexity index is 2110. The highest BCUT2D eigenvalue weighted by Crippen LogP contribution is 2.17. The molecule has 29 heteroatoms. The van der Waals surface area contributed by atoms with E-state index < -0.39 is 24.0 Å². The third-order valence-electron chi connectivity index (χ3n) is 11.4. The second-order valence-electron chi connectivity index (χ2n) is 21.9. The topological polar surface area (TPSA) is 586 Å². The van der Waals surface area contributed by atoms with Gasteiger partial charge in [0.2, 0.25) is 23.6 Å². The molecular formula is C84H178N14O15. The lowest BCUT2D eigenvalue weighted by Crippen LogP contribution is -2.58. The summed E-state index contributed by atoms with van der Waals surface area (Å²) in [6.45, 7) is 62.6. The minimum absolute atomic E-state index is 0. The molecule has 0 radical (unpaired) electrons. The first kappa shape index (κ1) is 172. The first-order chi connectivity index (χ1) is 51.8. The van der Waals surface area contributed by atoms with Gasteiger partial charge in [-0.2, -0.15) is 0 Å². The first-order valence-corrected chi connectivity index (χ1v) is 35.5. The number of carbonyl (C=O) groups is 14. The van der Waals surface area contributed by atoms with Crippen molar-refractivity contribution in [1.82, 2.24) is 50.8 Å². The van der Waals surface area contributed by atoms with E-state index in [1.807, 2.05) is 155 Å². The van der Waals surface area contributed by atoms with E-state index in [1.54, 1.807) is 39.8 Å². The number of nitrogens with zero attached hydrogens (tertiary/aromatic N) is 3. The lowest BCUT2D eigenvalue weighted by molar-refractivity contribution is -0.147. The number of likely N-dealkylation sites (N-methyl/N-ethyl adjacent to an activating group) is 2. The summed E-state index contributed by atoms with van der Waals surface area (Å²) in [5.74, 6) is 2.36. The zero-order chi connectivity index (χ0) is 90.6. The second-order valence-corrected chi connectivity index (χ2v) is 21.9. The number of hydrogen-bond donors (Lipinski definition) is 12. The van der Waals surface area contributed by atoms with Crippen LogP contribution in [-0.4, -0.2) is 198 Å². The van der Waals surface area contributed by atoms with Gasteiger partial charge in [-0.1, -0.05) is 245 Å². The summed E-state index contributed by atoms with van der Waals surface area (Å²) in [5, 5.41) is 10.9. The van der Waals surface area contributed by atoms with Gasteiger partial charge in [0.25, 0.3) is 0 Å². The van der Waals surface area contributed by atoms with Crippen LogP contribution in [-0.2, 0) is 92.8 Å². The van der Waals surface area contributed by atoms with E-state index in [0.717, 1.165) is 66.9 Å². The number of nitrogens with two attached hydrogens (primary N) is 5. The Hall–Kier alpha value is -8.98. The molecule has 1 fully saturated rings. The molecule has 4 aromatic carbocycles. The van der Waals surface area contributed by atoms with Crippen LogP contribution >= 0.6 is 0 Å². The second kappa shape index (κ2) is 167. The number of nitrogens with one attached hydrogen (secondary N) is 1. The van der Waals surface area contributed by atoms with Gasteiger partial charge in [-0.05, 0) is 134 Å². The Morgan fingerprint density at radius 1 is 0.389 bits per heavy atom. The summed E-state index contributed by atoms with van der Waals surface area (Å²) in [5.41, 5.74) is 27.1. The number of amides is 4. The van der Waals surface area contributed by atoms with Gasteiger partial charge in [0, 0.05) is 53.1 Å². The van der Waals surface area contributed by atoms with Gasteiger partial charge >= 0.3 is 0 Å². The molecule has 4 amide bonds. The molecule has 0 bridgehead atoms. The van der Waals surface area contributed by atoms with Gasteiger partial charge in [0.05, 0.1) is 0 Å². The number of aryl methyl sites for hydroxylation is 2. The third-order valence-corrected chi connectivity index (χ3v) is 11.4. The number of aliphatic hydroxyl groups is 1. The molecule has 3 atom stereocenters. The van der Waals surface area contributed by atoms with Crippen molar-refractivity contribution < 1.29 is 72.2 Å². The van der Waals surface area contributed by atoms with Crippen molar-refractivity contribution in [3.8, 4) is 0 Å². The monoisotopic (exact) mass is 1620 g/mol. The summed E-state index contributed by atoms with van der Waals surface area (Å²) in [6, 6.07) is 37.5. The van der Waals surface area contributed by atoms with E-state index in [0.29, 0.717) is 19.5 Å². The molecule has 674 valence electrons. The van der Waals surface area contributed by atoms with Gasteiger partial charge in [0.15, 0.2) is 0 Å². The molecule has 0 spiro atoms. The maximum absolute atomic E-state index is 13.9. The first-order valence-electron chi connectivity index (χ1n) is 35.5. The fourth-order valence-corrected chi connectivity index (χ4v) is 6.27. The molecule has 0 aliphatic carbocycles. The van der Waals surface area contributed by atoms with Crippen molar-refractivity contribution in [2.75, 3.05) is 62.4 Å². The lowest BCUT2D eigenvalue weighted by atomic mass is 10.00. The molecule has 1 aliphatic heterocycles. The molecule has 1 aliphatic rings. The summed E-state index contributed by atoms with van der Waals surface area (Å²) in [7, 11) is 10.7. The fraction of sp³-hybridized carbons (Fsp3) is 0.548. The molecule has 4 aromatic rings. The largest absolute Gasteiger partial charge is 0.394 e. The molecule has 113 heavy (non-hydrogen) atoms. The zero-order valence-corrected chi connectivity index (χ0v) is 76.4. The average Bonchev–Trinajstić information content (AvgIpc) is 0.821. The predicted octanol–water partition coefficient (Wildman–Crippen LogP) is 12.8. The molecule has 0 unspecified atom stereocenters. The zero-order valence-electron chi connectivity index (χ0n) is 76.4. The predicted molar refractivity (Wildman–Crippen MR) is 486 cm³/mol.